The van der Waals surface area contributed by atoms with E-state index in [0.717, 1.165) is 30.2 Å². The van der Waals surface area contributed by atoms with Crippen LogP contribution in [-0.2, 0) is 11.3 Å². The first-order chi connectivity index (χ1) is 9.72. The maximum atomic E-state index is 13.4. The lowest BCUT2D eigenvalue weighted by atomic mass is 10.2. The number of halogens is 1. The van der Waals surface area contributed by atoms with Crippen molar-refractivity contribution in [1.82, 2.24) is 4.98 Å². The zero-order chi connectivity index (χ0) is 13.9. The molecule has 1 aliphatic heterocycles. The number of hydrogen-bond donors (Lipinski definition) is 0. The van der Waals surface area contributed by atoms with Gasteiger partial charge in [0.15, 0.2) is 0 Å². The third-order valence-electron chi connectivity index (χ3n) is 3.30. The molecule has 0 N–H and O–H groups in total. The van der Waals surface area contributed by atoms with Crippen LogP contribution in [0, 0.1) is 12.7 Å². The van der Waals surface area contributed by atoms with E-state index >= 15 is 0 Å². The highest BCUT2D eigenvalue weighted by Gasteiger charge is 2.20. The number of hydrogen-bond acceptors (Lipinski definition) is 4. The molecule has 1 aliphatic rings. The van der Waals surface area contributed by atoms with Crippen molar-refractivity contribution in [3.05, 3.63) is 45.7 Å². The summed E-state index contributed by atoms with van der Waals surface area (Å²) in [5.41, 5.74) is 1.48. The minimum atomic E-state index is -0.249. The number of aryl methyl sites for hydroxylation is 1. The second kappa shape index (κ2) is 5.89. The topological polar surface area (TPSA) is 31.4 Å². The van der Waals surface area contributed by atoms with Crippen LogP contribution in [0.1, 0.15) is 35.2 Å². The monoisotopic (exact) mass is 293 g/mol. The third-order valence-corrected chi connectivity index (χ3v) is 4.29. The fraction of sp³-hybridized carbons (Fsp3) is 0.400. The molecule has 1 saturated heterocycles. The smallest absolute Gasteiger partial charge is 0.131 e. The molecule has 0 saturated carbocycles. The minimum Gasteiger partial charge on any atom is -0.487 e. The Morgan fingerprint density at radius 2 is 2.40 bits per heavy atom. The van der Waals surface area contributed by atoms with E-state index in [1.807, 2.05) is 5.38 Å². The molecule has 5 heteroatoms. The maximum absolute atomic E-state index is 13.4. The van der Waals surface area contributed by atoms with Gasteiger partial charge in [-0.2, -0.15) is 0 Å². The lowest BCUT2D eigenvalue weighted by Crippen LogP contribution is -1.99. The van der Waals surface area contributed by atoms with Crippen molar-refractivity contribution in [2.45, 2.75) is 32.5 Å². The van der Waals surface area contributed by atoms with E-state index in [1.165, 1.54) is 6.07 Å². The summed E-state index contributed by atoms with van der Waals surface area (Å²) < 4.78 is 24.6. The molecule has 106 valence electrons. The van der Waals surface area contributed by atoms with Crippen LogP contribution < -0.4 is 4.74 Å². The number of nitrogens with zero attached hydrogens (tertiary/aromatic N) is 1. The van der Waals surface area contributed by atoms with Crippen molar-refractivity contribution in [1.29, 1.82) is 0 Å². The van der Waals surface area contributed by atoms with Crippen molar-refractivity contribution in [2.24, 2.45) is 0 Å². The maximum Gasteiger partial charge on any atom is 0.131 e. The largest absolute Gasteiger partial charge is 0.487 e. The summed E-state index contributed by atoms with van der Waals surface area (Å²) in [5, 5.41) is 2.98. The zero-order valence-corrected chi connectivity index (χ0v) is 12.1. The molecule has 0 radical (unpaired) electrons. The summed E-state index contributed by atoms with van der Waals surface area (Å²) in [5.74, 6) is 0.278. The second-order valence-electron chi connectivity index (χ2n) is 4.88. The molecule has 1 aromatic heterocycles. The highest BCUT2D eigenvalue weighted by atomic mass is 32.1. The molecule has 0 amide bonds. The summed E-state index contributed by atoms with van der Waals surface area (Å²) in [6, 6.07) is 4.89. The number of ether oxygens (including phenoxy) is 2. The summed E-state index contributed by atoms with van der Waals surface area (Å²) in [6.07, 6.45) is 2.28. The van der Waals surface area contributed by atoms with Crippen molar-refractivity contribution in [2.75, 3.05) is 6.61 Å². The molecule has 0 unspecified atom stereocenters. The van der Waals surface area contributed by atoms with E-state index in [0.29, 0.717) is 17.9 Å². The average molecular weight is 293 g/mol. The van der Waals surface area contributed by atoms with Crippen LogP contribution in [0.5, 0.6) is 5.75 Å². The van der Waals surface area contributed by atoms with Crippen LogP contribution in [0.2, 0.25) is 0 Å². The number of benzene rings is 1. The molecule has 1 atom stereocenters. The highest BCUT2D eigenvalue weighted by Crippen LogP contribution is 2.30. The van der Waals surface area contributed by atoms with Gasteiger partial charge in [-0.05, 0) is 31.4 Å². The Bertz CT molecular complexity index is 593. The summed E-state index contributed by atoms with van der Waals surface area (Å²) >= 11 is 1.60. The molecular formula is C15H16FNO2S. The standard InChI is InChI=1S/C15H16FNO2S/c1-10-4-5-12(7-13(10)16)19-8-11-9-20-15(17-11)14-3-2-6-18-14/h4-5,7,9,14H,2-3,6,8H2,1H3/t14-/m0/s1. The van der Waals surface area contributed by atoms with Crippen molar-refractivity contribution in [3.8, 4) is 5.75 Å². The molecule has 3 rings (SSSR count). The molecule has 1 fully saturated rings. The molecular weight excluding hydrogens is 277 g/mol. The third kappa shape index (κ3) is 2.99. The predicted molar refractivity (Wildman–Crippen MR) is 75.5 cm³/mol. The Balaban J connectivity index is 1.61. The van der Waals surface area contributed by atoms with Crippen LogP contribution in [-0.4, -0.2) is 11.6 Å². The Labute approximate surface area is 121 Å². The van der Waals surface area contributed by atoms with E-state index < -0.39 is 0 Å². The van der Waals surface area contributed by atoms with Gasteiger partial charge in [0.2, 0.25) is 0 Å². The van der Waals surface area contributed by atoms with E-state index in [2.05, 4.69) is 4.98 Å². The molecule has 0 spiro atoms. The van der Waals surface area contributed by atoms with Gasteiger partial charge in [0.05, 0.1) is 5.69 Å². The Morgan fingerprint density at radius 1 is 1.50 bits per heavy atom. The van der Waals surface area contributed by atoms with E-state index in [1.54, 1.807) is 30.4 Å². The van der Waals surface area contributed by atoms with Gasteiger partial charge in [0.25, 0.3) is 0 Å². The van der Waals surface area contributed by atoms with E-state index in [-0.39, 0.29) is 11.9 Å². The van der Waals surface area contributed by atoms with Crippen molar-refractivity contribution in [3.63, 3.8) is 0 Å². The molecule has 2 aromatic rings. The molecule has 1 aromatic carbocycles. The van der Waals surface area contributed by atoms with Crippen molar-refractivity contribution < 1.29 is 13.9 Å². The first-order valence-corrected chi connectivity index (χ1v) is 7.55. The van der Waals surface area contributed by atoms with Gasteiger partial charge >= 0.3 is 0 Å². The summed E-state index contributed by atoms with van der Waals surface area (Å²) in [4.78, 5) is 4.52. The number of rotatable bonds is 4. The van der Waals surface area contributed by atoms with Crippen molar-refractivity contribution >= 4 is 11.3 Å². The Morgan fingerprint density at radius 3 is 3.15 bits per heavy atom. The average Bonchev–Trinajstić information content (AvgIpc) is 3.09. The van der Waals surface area contributed by atoms with Crippen LogP contribution >= 0.6 is 11.3 Å². The number of aromatic nitrogens is 1. The van der Waals surface area contributed by atoms with Gasteiger partial charge in [-0.3, -0.25) is 0 Å². The van der Waals surface area contributed by atoms with Crippen LogP contribution in [0.3, 0.4) is 0 Å². The summed E-state index contributed by atoms with van der Waals surface area (Å²) in [6.45, 7) is 2.90. The van der Waals surface area contributed by atoms with Crippen LogP contribution in [0.25, 0.3) is 0 Å². The summed E-state index contributed by atoms with van der Waals surface area (Å²) in [7, 11) is 0. The van der Waals surface area contributed by atoms with Gasteiger partial charge < -0.3 is 9.47 Å². The normalized spacial score (nSPS) is 18.4. The zero-order valence-electron chi connectivity index (χ0n) is 11.3. The first kappa shape index (κ1) is 13.5. The van der Waals surface area contributed by atoms with E-state index in [9.17, 15) is 4.39 Å². The number of thiazole rings is 1. The Kier molecular flexibility index (Phi) is 3.98. The van der Waals surface area contributed by atoms with Gasteiger partial charge in [0, 0.05) is 18.1 Å². The van der Waals surface area contributed by atoms with Gasteiger partial charge in [-0.25, -0.2) is 9.37 Å². The Hall–Kier alpha value is -1.46. The minimum absolute atomic E-state index is 0.144. The van der Waals surface area contributed by atoms with Crippen LogP contribution in [0.15, 0.2) is 23.6 Å². The van der Waals surface area contributed by atoms with Gasteiger partial charge in [0.1, 0.15) is 29.3 Å². The van der Waals surface area contributed by atoms with Gasteiger partial charge in [-0.1, -0.05) is 6.07 Å². The molecule has 3 nitrogen and oxygen atoms in total. The fourth-order valence-electron chi connectivity index (χ4n) is 2.13. The fourth-order valence-corrected chi connectivity index (χ4v) is 3.02. The van der Waals surface area contributed by atoms with Gasteiger partial charge in [-0.15, -0.1) is 11.3 Å². The highest BCUT2D eigenvalue weighted by molar-refractivity contribution is 7.09. The lowest BCUT2D eigenvalue weighted by Gasteiger charge is -2.06. The SMILES string of the molecule is Cc1ccc(OCc2csc([C@@H]3CCCO3)n2)cc1F. The first-order valence-electron chi connectivity index (χ1n) is 6.67. The second-order valence-corrected chi connectivity index (χ2v) is 5.77. The molecule has 0 aliphatic carbocycles. The molecule has 0 bridgehead atoms. The molecule has 20 heavy (non-hydrogen) atoms. The van der Waals surface area contributed by atoms with E-state index in [4.69, 9.17) is 9.47 Å². The lowest BCUT2D eigenvalue weighted by molar-refractivity contribution is 0.111. The predicted octanol–water partition coefficient (Wildman–Crippen LogP) is 4.02. The van der Waals surface area contributed by atoms with Crippen LogP contribution in [0.4, 0.5) is 4.39 Å². The molecule has 2 heterocycles. The quantitative estimate of drug-likeness (QED) is 0.853.